The monoisotopic (exact) mass is 452 g/mol. The van der Waals surface area contributed by atoms with Gasteiger partial charge in [-0.3, -0.25) is 9.59 Å². The standard InChI is InChI=1S/C22H32N2O6S/c1-4-30-22(26)18-7-11-23(12-8-18)21(25)17-9-13-24(14-10-17)31(27,28)19-5-6-20(29-3)16(2)15-19/h5-6,15,17-18H,4,7-14H2,1-3H3. The van der Waals surface area contributed by atoms with Crippen LogP contribution in [-0.2, 0) is 24.3 Å². The molecule has 1 aromatic carbocycles. The number of piperidine rings is 2. The second-order valence-electron chi connectivity index (χ2n) is 8.16. The van der Waals surface area contributed by atoms with Gasteiger partial charge >= 0.3 is 5.97 Å². The first kappa shape index (κ1) is 23.5. The zero-order valence-corrected chi connectivity index (χ0v) is 19.3. The summed E-state index contributed by atoms with van der Waals surface area (Å²) in [5.41, 5.74) is 0.764. The maximum atomic E-state index is 13.0. The van der Waals surface area contributed by atoms with E-state index in [4.69, 9.17) is 9.47 Å². The molecule has 0 aromatic heterocycles. The molecule has 9 heteroatoms. The first-order chi connectivity index (χ1) is 14.8. The van der Waals surface area contributed by atoms with Crippen molar-refractivity contribution >= 4 is 21.9 Å². The molecule has 0 spiro atoms. The number of methoxy groups -OCH3 is 1. The number of esters is 1. The number of likely N-dealkylation sites (tertiary alicyclic amines) is 1. The van der Waals surface area contributed by atoms with E-state index in [0.717, 1.165) is 5.56 Å². The van der Waals surface area contributed by atoms with Crippen LogP contribution in [-0.4, -0.2) is 69.4 Å². The minimum Gasteiger partial charge on any atom is -0.496 e. The summed E-state index contributed by atoms with van der Waals surface area (Å²) in [5.74, 6) is 0.226. The van der Waals surface area contributed by atoms with Gasteiger partial charge in [-0.05, 0) is 63.3 Å². The quantitative estimate of drug-likeness (QED) is 0.615. The number of carbonyl (C=O) groups excluding carboxylic acids is 2. The summed E-state index contributed by atoms with van der Waals surface area (Å²) in [4.78, 5) is 26.9. The Balaban J connectivity index is 1.55. The van der Waals surface area contributed by atoms with Crippen LogP contribution < -0.4 is 4.74 Å². The van der Waals surface area contributed by atoms with E-state index in [1.54, 1.807) is 32.2 Å². The summed E-state index contributed by atoms with van der Waals surface area (Å²) in [6, 6.07) is 4.85. The number of nitrogens with zero attached hydrogens (tertiary/aromatic N) is 2. The third-order valence-electron chi connectivity index (χ3n) is 6.23. The Bertz CT molecular complexity index is 901. The zero-order chi connectivity index (χ0) is 22.6. The number of sulfonamides is 1. The first-order valence-corrected chi connectivity index (χ1v) is 12.3. The Morgan fingerprint density at radius 1 is 1.03 bits per heavy atom. The van der Waals surface area contributed by atoms with Crippen molar-refractivity contribution < 1.29 is 27.5 Å². The van der Waals surface area contributed by atoms with Crippen LogP contribution in [0, 0.1) is 18.8 Å². The lowest BCUT2D eigenvalue weighted by atomic mass is 9.92. The van der Waals surface area contributed by atoms with Crippen LogP contribution in [0.15, 0.2) is 23.1 Å². The van der Waals surface area contributed by atoms with E-state index in [2.05, 4.69) is 0 Å². The summed E-state index contributed by atoms with van der Waals surface area (Å²) in [6.07, 6.45) is 2.25. The van der Waals surface area contributed by atoms with Crippen LogP contribution in [0.4, 0.5) is 0 Å². The number of carbonyl (C=O) groups is 2. The number of rotatable bonds is 6. The van der Waals surface area contributed by atoms with Crippen LogP contribution >= 0.6 is 0 Å². The van der Waals surface area contributed by atoms with Gasteiger partial charge in [-0.15, -0.1) is 0 Å². The van der Waals surface area contributed by atoms with Gasteiger partial charge in [0.15, 0.2) is 0 Å². The van der Waals surface area contributed by atoms with Crippen molar-refractivity contribution in [2.24, 2.45) is 11.8 Å². The molecule has 2 aliphatic rings. The number of hydrogen-bond donors (Lipinski definition) is 0. The lowest BCUT2D eigenvalue weighted by Crippen LogP contribution is -2.47. The summed E-state index contributed by atoms with van der Waals surface area (Å²) >= 11 is 0. The minimum absolute atomic E-state index is 0.0691. The number of hydrogen-bond acceptors (Lipinski definition) is 6. The SMILES string of the molecule is CCOC(=O)C1CCN(C(=O)C2CCN(S(=O)(=O)c3ccc(OC)c(C)c3)CC2)CC1. The molecule has 0 radical (unpaired) electrons. The molecule has 0 saturated carbocycles. The summed E-state index contributed by atoms with van der Waals surface area (Å²) in [5, 5.41) is 0. The highest BCUT2D eigenvalue weighted by Crippen LogP contribution is 2.29. The molecule has 0 aliphatic carbocycles. The number of aryl methyl sites for hydroxylation is 1. The zero-order valence-electron chi connectivity index (χ0n) is 18.5. The maximum Gasteiger partial charge on any atom is 0.309 e. The van der Waals surface area contributed by atoms with Crippen molar-refractivity contribution in [3.63, 3.8) is 0 Å². The molecular weight excluding hydrogens is 420 g/mol. The molecule has 0 atom stereocenters. The van der Waals surface area contributed by atoms with Crippen molar-refractivity contribution in [3.05, 3.63) is 23.8 Å². The normalized spacial score (nSPS) is 19.3. The maximum absolute atomic E-state index is 13.0. The fourth-order valence-corrected chi connectivity index (χ4v) is 5.91. The summed E-state index contributed by atoms with van der Waals surface area (Å²) in [7, 11) is -2.05. The van der Waals surface area contributed by atoms with Crippen molar-refractivity contribution in [1.29, 1.82) is 0 Å². The smallest absolute Gasteiger partial charge is 0.309 e. The first-order valence-electron chi connectivity index (χ1n) is 10.9. The van der Waals surface area contributed by atoms with Gasteiger partial charge in [0, 0.05) is 32.1 Å². The molecule has 2 aliphatic heterocycles. The van der Waals surface area contributed by atoms with Gasteiger partial charge in [0.1, 0.15) is 5.75 Å². The molecule has 2 fully saturated rings. The third kappa shape index (κ3) is 5.20. The molecule has 1 amide bonds. The van der Waals surface area contributed by atoms with Gasteiger partial charge in [-0.1, -0.05) is 0 Å². The van der Waals surface area contributed by atoms with Crippen LogP contribution in [0.1, 0.15) is 38.2 Å². The Morgan fingerprint density at radius 2 is 1.65 bits per heavy atom. The number of ether oxygens (including phenoxy) is 2. The second kappa shape index (κ2) is 9.99. The van der Waals surface area contributed by atoms with E-state index in [1.807, 2.05) is 11.8 Å². The molecule has 3 rings (SSSR count). The van der Waals surface area contributed by atoms with Crippen LogP contribution in [0.5, 0.6) is 5.75 Å². The Labute approximate surface area is 184 Å². The molecule has 0 unspecified atom stereocenters. The van der Waals surface area contributed by atoms with Gasteiger partial charge < -0.3 is 14.4 Å². The predicted octanol–water partition coefficient (Wildman–Crippen LogP) is 2.21. The molecule has 2 saturated heterocycles. The average molecular weight is 453 g/mol. The predicted molar refractivity (Wildman–Crippen MR) is 115 cm³/mol. The highest BCUT2D eigenvalue weighted by atomic mass is 32.2. The van der Waals surface area contributed by atoms with Crippen molar-refractivity contribution in [2.75, 3.05) is 39.9 Å². The van der Waals surface area contributed by atoms with Crippen molar-refractivity contribution in [1.82, 2.24) is 9.21 Å². The lowest BCUT2D eigenvalue weighted by Gasteiger charge is -2.36. The van der Waals surface area contributed by atoms with Crippen molar-refractivity contribution in [2.45, 2.75) is 44.4 Å². The molecule has 172 valence electrons. The molecule has 0 N–H and O–H groups in total. The fourth-order valence-electron chi connectivity index (χ4n) is 4.36. The third-order valence-corrected chi connectivity index (χ3v) is 8.13. The summed E-state index contributed by atoms with van der Waals surface area (Å²) < 4.78 is 37.8. The largest absolute Gasteiger partial charge is 0.496 e. The van der Waals surface area contributed by atoms with E-state index in [-0.39, 0.29) is 28.6 Å². The van der Waals surface area contributed by atoms with Crippen molar-refractivity contribution in [3.8, 4) is 5.75 Å². The highest BCUT2D eigenvalue weighted by molar-refractivity contribution is 7.89. The lowest BCUT2D eigenvalue weighted by molar-refractivity contribution is -0.152. The average Bonchev–Trinajstić information content (AvgIpc) is 2.79. The van der Waals surface area contributed by atoms with E-state index in [1.165, 1.54) is 4.31 Å². The Hall–Kier alpha value is -2.13. The Kier molecular flexibility index (Phi) is 7.59. The van der Waals surface area contributed by atoms with E-state index >= 15 is 0 Å². The minimum atomic E-state index is -3.60. The number of amides is 1. The second-order valence-corrected chi connectivity index (χ2v) is 10.1. The van der Waals surface area contributed by atoms with Gasteiger partial charge in [0.25, 0.3) is 0 Å². The van der Waals surface area contributed by atoms with E-state index < -0.39 is 10.0 Å². The molecule has 8 nitrogen and oxygen atoms in total. The molecule has 2 heterocycles. The van der Waals surface area contributed by atoms with Gasteiger partial charge in [0.2, 0.25) is 15.9 Å². The van der Waals surface area contributed by atoms with Crippen LogP contribution in [0.25, 0.3) is 0 Å². The highest BCUT2D eigenvalue weighted by Gasteiger charge is 2.36. The van der Waals surface area contributed by atoms with E-state index in [0.29, 0.717) is 64.2 Å². The molecule has 0 bridgehead atoms. The van der Waals surface area contributed by atoms with Crippen LogP contribution in [0.3, 0.4) is 0 Å². The van der Waals surface area contributed by atoms with Gasteiger partial charge in [-0.2, -0.15) is 4.31 Å². The number of benzene rings is 1. The van der Waals surface area contributed by atoms with Crippen LogP contribution in [0.2, 0.25) is 0 Å². The summed E-state index contributed by atoms with van der Waals surface area (Å²) in [6.45, 7) is 5.71. The molecule has 1 aromatic rings. The fraction of sp³-hybridized carbons (Fsp3) is 0.636. The van der Waals surface area contributed by atoms with Gasteiger partial charge in [-0.25, -0.2) is 8.42 Å². The van der Waals surface area contributed by atoms with E-state index in [9.17, 15) is 18.0 Å². The van der Waals surface area contributed by atoms with Gasteiger partial charge in [0.05, 0.1) is 24.5 Å². The topological polar surface area (TPSA) is 93.2 Å². The molecule has 31 heavy (non-hydrogen) atoms. The Morgan fingerprint density at radius 3 is 2.19 bits per heavy atom. The molecular formula is C22H32N2O6S.